The molecule has 0 spiro atoms. The number of unbranched alkanes of at least 4 members (excludes halogenated alkanes) is 28. The number of carbonyl (C=O) groups is 2. The molecule has 2 aliphatic heterocycles. The predicted molar refractivity (Wildman–Crippen MR) is 340 cm³/mol. The summed E-state index contributed by atoms with van der Waals surface area (Å²) >= 11 is 7.28. The van der Waals surface area contributed by atoms with Gasteiger partial charge >= 0.3 is 0 Å². The van der Waals surface area contributed by atoms with Gasteiger partial charge < -0.3 is 9.80 Å². The van der Waals surface area contributed by atoms with Crippen LogP contribution in [-0.4, -0.2) is 34.7 Å². The number of rotatable bonds is 44. The number of hydrogen-bond acceptors (Lipinski definition) is 6. The quantitative estimate of drug-likeness (QED) is 0.0414. The Balaban J connectivity index is 0.000000395. The fourth-order valence-corrected chi connectivity index (χ4v) is 14.6. The third-order valence-electron chi connectivity index (χ3n) is 15.8. The van der Waals surface area contributed by atoms with E-state index in [0.717, 1.165) is 13.1 Å². The number of thiophene rings is 4. The van der Waals surface area contributed by atoms with Gasteiger partial charge in [0.1, 0.15) is 0 Å². The Morgan fingerprint density at radius 2 is 0.658 bits per heavy atom. The molecule has 0 unspecified atom stereocenters. The second-order valence-corrected chi connectivity index (χ2v) is 26.6. The Morgan fingerprint density at radius 1 is 0.368 bits per heavy atom. The lowest BCUT2D eigenvalue weighted by atomic mass is 9.93. The topological polar surface area (TPSA) is 40.6 Å². The second kappa shape index (κ2) is 40.2. The van der Waals surface area contributed by atoms with Crippen LogP contribution < -0.4 is 0 Å². The highest BCUT2D eigenvalue weighted by molar-refractivity contribution is 7.22. The number of nitrogens with zero attached hydrogens (tertiary/aromatic N) is 2. The molecule has 0 N–H and O–H groups in total. The third kappa shape index (κ3) is 25.0. The largest absolute Gasteiger partial charge is 0.314 e. The zero-order valence-electron chi connectivity index (χ0n) is 48.5. The molecule has 0 atom stereocenters. The fraction of sp³-hybridized carbons (Fsp3) is 0.647. The lowest BCUT2D eigenvalue weighted by molar-refractivity contribution is -0.124. The van der Waals surface area contributed by atoms with E-state index in [1.54, 1.807) is 22.7 Å². The first kappa shape index (κ1) is 63.8. The first-order valence-corrected chi connectivity index (χ1v) is 34.8. The fourth-order valence-electron chi connectivity index (χ4n) is 11.1. The van der Waals surface area contributed by atoms with Crippen molar-refractivity contribution in [3.8, 4) is 19.5 Å². The number of fused-ring (bicyclic) bond motifs is 1. The molecule has 0 saturated heterocycles. The van der Waals surface area contributed by atoms with Gasteiger partial charge in [0.25, 0.3) is 11.8 Å². The smallest absolute Gasteiger partial charge is 0.260 e. The van der Waals surface area contributed by atoms with Crippen LogP contribution in [0, 0.1) is 11.8 Å². The SMILES string of the molecule is C(=C\c1ccc(-c2cccs2)s1)/c1ccc(-c2cccs2)s1.CCCCCCCCCCC(CCCCCCCCCC)CN1C=C2C(=O)N(CC(CCCCCCCCCC)CCCCCCCCCC)C=C2C1=O. The number of amides is 2. The van der Waals surface area contributed by atoms with Crippen LogP contribution >= 0.6 is 45.3 Å². The molecule has 0 fully saturated rings. The maximum Gasteiger partial charge on any atom is 0.260 e. The van der Waals surface area contributed by atoms with Crippen LogP contribution in [0.5, 0.6) is 0 Å². The van der Waals surface area contributed by atoms with Gasteiger partial charge in [-0.3, -0.25) is 9.59 Å². The van der Waals surface area contributed by atoms with Gasteiger partial charge in [0.05, 0.1) is 11.1 Å². The van der Waals surface area contributed by atoms with Crippen LogP contribution in [-0.2, 0) is 9.59 Å². The normalized spacial score (nSPS) is 13.5. The van der Waals surface area contributed by atoms with E-state index in [1.165, 1.54) is 260 Å². The number of carbonyl (C=O) groups excluding carboxylic acids is 2. The summed E-state index contributed by atoms with van der Waals surface area (Å²) in [6.45, 7) is 10.7. The first-order valence-electron chi connectivity index (χ1n) is 31.4. The van der Waals surface area contributed by atoms with Gasteiger partial charge in [0.15, 0.2) is 0 Å². The van der Waals surface area contributed by atoms with Crippen molar-refractivity contribution in [1.82, 2.24) is 9.80 Å². The van der Waals surface area contributed by atoms with Gasteiger partial charge in [-0.1, -0.05) is 245 Å². The molecule has 0 radical (unpaired) electrons. The molecule has 6 rings (SSSR count). The molecule has 422 valence electrons. The maximum absolute atomic E-state index is 13.8. The van der Waals surface area contributed by atoms with Crippen molar-refractivity contribution >= 4 is 69.3 Å². The van der Waals surface area contributed by atoms with Crippen molar-refractivity contribution in [2.75, 3.05) is 13.1 Å². The predicted octanol–water partition coefficient (Wildman–Crippen LogP) is 23.2. The zero-order chi connectivity index (χ0) is 53.7. The molecule has 0 aromatic carbocycles. The van der Waals surface area contributed by atoms with Crippen molar-refractivity contribution in [3.05, 3.63) is 92.6 Å². The van der Waals surface area contributed by atoms with E-state index < -0.39 is 0 Å². The Bertz CT molecular complexity index is 1980. The Morgan fingerprint density at radius 3 is 0.934 bits per heavy atom. The molecule has 6 heterocycles. The van der Waals surface area contributed by atoms with Crippen LogP contribution in [0.3, 0.4) is 0 Å². The molecule has 4 aromatic heterocycles. The van der Waals surface area contributed by atoms with Crippen LogP contribution in [0.25, 0.3) is 31.7 Å². The second-order valence-electron chi connectivity index (χ2n) is 22.5. The van der Waals surface area contributed by atoms with Crippen molar-refractivity contribution in [2.24, 2.45) is 11.8 Å². The minimum atomic E-state index is 0.0698. The third-order valence-corrected chi connectivity index (χ3v) is 20.0. The molecular formula is C68H104N2O2S4. The van der Waals surface area contributed by atoms with E-state index in [2.05, 4.69) is 99.1 Å². The minimum absolute atomic E-state index is 0.0698. The molecule has 2 aliphatic rings. The molecular weight excluding hydrogens is 1010 g/mol. The summed E-state index contributed by atoms with van der Waals surface area (Å²) < 4.78 is 0. The van der Waals surface area contributed by atoms with Crippen molar-refractivity contribution in [3.63, 3.8) is 0 Å². The monoisotopic (exact) mass is 1110 g/mol. The molecule has 4 aromatic rings. The van der Waals surface area contributed by atoms with Crippen LogP contribution in [0.4, 0.5) is 0 Å². The van der Waals surface area contributed by atoms with Crippen LogP contribution in [0.15, 0.2) is 82.8 Å². The molecule has 2 amide bonds. The van der Waals surface area contributed by atoms with Gasteiger partial charge in [0.2, 0.25) is 0 Å². The molecule has 4 nitrogen and oxygen atoms in total. The molecule has 8 heteroatoms. The minimum Gasteiger partial charge on any atom is -0.314 e. The average molecular weight is 1110 g/mol. The van der Waals surface area contributed by atoms with Gasteiger partial charge in [-0.05, 0) is 96.8 Å². The number of hydrogen-bond donors (Lipinski definition) is 0. The van der Waals surface area contributed by atoms with E-state index in [4.69, 9.17) is 0 Å². The van der Waals surface area contributed by atoms with Crippen molar-refractivity contribution < 1.29 is 9.59 Å². The lowest BCUT2D eigenvalue weighted by Gasteiger charge is -2.24. The van der Waals surface area contributed by atoms with Gasteiger partial charge in [-0.25, -0.2) is 0 Å². The summed E-state index contributed by atoms with van der Waals surface area (Å²) in [5, 5.41) is 4.25. The van der Waals surface area contributed by atoms with E-state index in [0.29, 0.717) is 23.0 Å². The van der Waals surface area contributed by atoms with E-state index >= 15 is 0 Å². The van der Waals surface area contributed by atoms with Gasteiger partial charge in [-0.15, -0.1) is 45.3 Å². The Hall–Kier alpha value is -3.04. The summed E-state index contributed by atoms with van der Waals surface area (Å²) in [7, 11) is 0. The van der Waals surface area contributed by atoms with Crippen molar-refractivity contribution in [1.29, 1.82) is 0 Å². The summed E-state index contributed by atoms with van der Waals surface area (Å²) in [6.07, 6.45) is 56.1. The first-order chi connectivity index (χ1) is 37.4. The molecule has 0 aliphatic carbocycles. The molecule has 0 saturated carbocycles. The average Bonchev–Trinajstić information content (AvgIpc) is 4.33. The maximum atomic E-state index is 13.8. The highest BCUT2D eigenvalue weighted by Crippen LogP contribution is 2.36. The van der Waals surface area contributed by atoms with E-state index in [9.17, 15) is 9.59 Å². The van der Waals surface area contributed by atoms with Crippen LogP contribution in [0.1, 0.15) is 269 Å². The zero-order valence-corrected chi connectivity index (χ0v) is 51.7. The summed E-state index contributed by atoms with van der Waals surface area (Å²) in [5.74, 6) is 1.19. The molecule has 0 bridgehead atoms. The van der Waals surface area contributed by atoms with Gasteiger partial charge in [-0.2, -0.15) is 0 Å². The standard InChI is InChI=1S/C50H92N2O2.C18H12S4/c1-5-9-13-17-21-25-29-33-37-45(38-34-30-26-22-18-14-10-6-2)41-51-43-47-48(49(51)53)44-52(50(47)54)42-46(39-35-31-27-23-19-15-11-7-3)40-36-32-28-24-20-16-12-8-4;1-3-15(19-11-1)17-9-7-13(21-17)5-6-14-8-10-18(22-14)16-4-2-12-20-16/h43-46H,5-42H2,1-4H3;1-12H/b;6-5+. The van der Waals surface area contributed by atoms with E-state index in [1.807, 2.05) is 44.9 Å². The van der Waals surface area contributed by atoms with Crippen LogP contribution in [0.2, 0.25) is 0 Å². The summed E-state index contributed by atoms with van der Waals surface area (Å²) in [6, 6.07) is 17.4. The highest BCUT2D eigenvalue weighted by atomic mass is 32.1. The summed E-state index contributed by atoms with van der Waals surface area (Å²) in [4.78, 5) is 39.5. The van der Waals surface area contributed by atoms with Gasteiger partial charge in [0, 0.05) is 54.8 Å². The summed E-state index contributed by atoms with van der Waals surface area (Å²) in [5.41, 5.74) is 1.33. The van der Waals surface area contributed by atoms with E-state index in [-0.39, 0.29) is 11.8 Å². The Kier molecular flexibility index (Phi) is 33.7. The molecule has 76 heavy (non-hydrogen) atoms. The van der Waals surface area contributed by atoms with Crippen molar-refractivity contribution in [2.45, 2.75) is 259 Å². The highest BCUT2D eigenvalue weighted by Gasteiger charge is 2.40. The Labute approximate surface area is 481 Å². The lowest BCUT2D eigenvalue weighted by Crippen LogP contribution is -2.30.